The first-order valence-corrected chi connectivity index (χ1v) is 7.82. The average Bonchev–Trinajstić information content (AvgIpc) is 2.91. The van der Waals surface area contributed by atoms with Gasteiger partial charge in [-0.25, -0.2) is 4.79 Å². The van der Waals surface area contributed by atoms with Crippen molar-refractivity contribution in [2.75, 3.05) is 6.54 Å². The normalized spacial score (nSPS) is 23.1. The number of nitrogens with zero attached hydrogens (tertiary/aromatic N) is 2. The molecule has 3 rings (SSSR count). The summed E-state index contributed by atoms with van der Waals surface area (Å²) in [6.45, 7) is 2.67. The molecule has 2 heterocycles. The van der Waals surface area contributed by atoms with Crippen molar-refractivity contribution in [2.24, 2.45) is 0 Å². The fourth-order valence-corrected chi connectivity index (χ4v) is 4.18. The van der Waals surface area contributed by atoms with Crippen molar-refractivity contribution < 1.29 is 9.90 Å². The van der Waals surface area contributed by atoms with Gasteiger partial charge in [0.25, 0.3) is 0 Å². The predicted molar refractivity (Wildman–Crippen MR) is 80.2 cm³/mol. The fraction of sp³-hybridized carbons (Fsp3) is 0.467. The van der Waals surface area contributed by atoms with E-state index < -0.39 is 11.6 Å². The second-order valence-electron chi connectivity index (χ2n) is 5.30. The molecule has 1 atom stereocenters. The monoisotopic (exact) mass is 290 g/mol. The predicted octanol–water partition coefficient (Wildman–Crippen LogP) is 4.07. The van der Waals surface area contributed by atoms with Gasteiger partial charge in [-0.1, -0.05) is 25.1 Å². The van der Waals surface area contributed by atoms with Crippen molar-refractivity contribution in [1.29, 1.82) is 0 Å². The van der Waals surface area contributed by atoms with Crippen LogP contribution in [0.3, 0.4) is 0 Å². The van der Waals surface area contributed by atoms with Crippen molar-refractivity contribution in [1.82, 2.24) is 9.27 Å². The lowest BCUT2D eigenvalue weighted by atomic mass is 9.80. The molecule has 1 unspecified atom stereocenters. The second kappa shape index (κ2) is 5.05. The van der Waals surface area contributed by atoms with Gasteiger partial charge in [0.2, 0.25) is 0 Å². The number of carbonyl (C=O) groups is 1. The summed E-state index contributed by atoms with van der Waals surface area (Å²) in [7, 11) is 0. The van der Waals surface area contributed by atoms with Gasteiger partial charge in [-0.05, 0) is 43.3 Å². The molecule has 1 amide bonds. The van der Waals surface area contributed by atoms with Crippen LogP contribution in [0.2, 0.25) is 0 Å². The number of benzene rings is 1. The number of aromatic nitrogens is 1. The van der Waals surface area contributed by atoms with E-state index in [1.165, 1.54) is 11.5 Å². The third kappa shape index (κ3) is 1.88. The number of fused-ring (bicyclic) bond motifs is 1. The van der Waals surface area contributed by atoms with Crippen LogP contribution in [0.15, 0.2) is 24.3 Å². The number of amides is 1. The van der Waals surface area contributed by atoms with E-state index in [1.54, 1.807) is 4.90 Å². The molecule has 4 nitrogen and oxygen atoms in total. The van der Waals surface area contributed by atoms with Crippen LogP contribution in [0.1, 0.15) is 38.3 Å². The molecule has 106 valence electrons. The Balaban J connectivity index is 2.18. The summed E-state index contributed by atoms with van der Waals surface area (Å²) in [6.07, 6.45) is 2.81. The zero-order valence-corrected chi connectivity index (χ0v) is 12.3. The van der Waals surface area contributed by atoms with Crippen molar-refractivity contribution in [2.45, 2.75) is 38.1 Å². The van der Waals surface area contributed by atoms with E-state index in [1.807, 2.05) is 18.2 Å². The van der Waals surface area contributed by atoms with Crippen LogP contribution in [0.25, 0.3) is 10.1 Å². The number of piperidine rings is 1. The van der Waals surface area contributed by atoms with Crippen LogP contribution in [0.4, 0.5) is 4.79 Å². The summed E-state index contributed by atoms with van der Waals surface area (Å²) >= 11 is 1.47. The van der Waals surface area contributed by atoms with E-state index >= 15 is 0 Å². The molecule has 0 aliphatic carbocycles. The first-order valence-electron chi connectivity index (χ1n) is 7.04. The minimum atomic E-state index is -0.830. The Bertz CT molecular complexity index is 640. The van der Waals surface area contributed by atoms with Gasteiger partial charge in [-0.2, -0.15) is 4.37 Å². The highest BCUT2D eigenvalue weighted by atomic mass is 32.1. The molecule has 0 saturated carbocycles. The highest BCUT2D eigenvalue weighted by Crippen LogP contribution is 2.43. The van der Waals surface area contributed by atoms with Crippen LogP contribution in [-0.2, 0) is 5.54 Å². The maximum atomic E-state index is 11.7. The largest absolute Gasteiger partial charge is 0.465 e. The maximum Gasteiger partial charge on any atom is 0.408 e. The van der Waals surface area contributed by atoms with Gasteiger partial charge in [0.05, 0.1) is 15.9 Å². The Kier molecular flexibility index (Phi) is 3.38. The minimum Gasteiger partial charge on any atom is -0.465 e. The number of hydrogen-bond donors (Lipinski definition) is 1. The van der Waals surface area contributed by atoms with Crippen molar-refractivity contribution >= 4 is 27.7 Å². The zero-order valence-electron chi connectivity index (χ0n) is 11.5. The summed E-state index contributed by atoms with van der Waals surface area (Å²) in [4.78, 5) is 13.3. The van der Waals surface area contributed by atoms with Gasteiger partial charge >= 0.3 is 6.09 Å². The molecule has 1 N–H and O–H groups in total. The van der Waals surface area contributed by atoms with E-state index in [4.69, 9.17) is 0 Å². The molecule has 1 aromatic carbocycles. The number of carboxylic acid groups (broad SMARTS) is 1. The lowest BCUT2D eigenvalue weighted by molar-refractivity contribution is 0.0405. The summed E-state index contributed by atoms with van der Waals surface area (Å²) in [5.41, 5.74) is 0.492. The lowest BCUT2D eigenvalue weighted by Gasteiger charge is -2.44. The van der Waals surface area contributed by atoms with Gasteiger partial charge < -0.3 is 5.11 Å². The summed E-state index contributed by atoms with van der Waals surface area (Å²) < 4.78 is 5.76. The topological polar surface area (TPSA) is 53.4 Å². The molecule has 0 spiro atoms. The smallest absolute Gasteiger partial charge is 0.408 e. The Morgan fingerprint density at radius 3 is 3.00 bits per heavy atom. The molecule has 1 fully saturated rings. The van der Waals surface area contributed by atoms with Crippen LogP contribution in [-0.4, -0.2) is 27.0 Å². The first-order chi connectivity index (χ1) is 9.69. The maximum absolute atomic E-state index is 11.7. The highest BCUT2D eigenvalue weighted by Gasteiger charge is 2.44. The number of hydrogen-bond acceptors (Lipinski definition) is 3. The number of rotatable bonds is 2. The van der Waals surface area contributed by atoms with E-state index in [0.29, 0.717) is 6.54 Å². The van der Waals surface area contributed by atoms with E-state index in [-0.39, 0.29) is 0 Å². The van der Waals surface area contributed by atoms with E-state index in [9.17, 15) is 9.90 Å². The fourth-order valence-electron chi connectivity index (χ4n) is 3.32. The molecule has 1 aliphatic rings. The van der Waals surface area contributed by atoms with Gasteiger partial charge in [0.1, 0.15) is 0 Å². The van der Waals surface area contributed by atoms with Crippen LogP contribution < -0.4 is 0 Å². The standard InChI is InChI=1S/C15H18N2O2S/c1-2-15(9-5-6-10-17(15)14(18)19)13-11-7-3-4-8-12(11)20-16-13/h3-4,7-8H,2,5-6,9-10H2,1H3,(H,18,19). The summed E-state index contributed by atoms with van der Waals surface area (Å²) in [5.74, 6) is 0. The molecular formula is C15H18N2O2S. The van der Waals surface area contributed by atoms with Crippen LogP contribution in [0, 0.1) is 0 Å². The quantitative estimate of drug-likeness (QED) is 0.907. The van der Waals surface area contributed by atoms with Crippen LogP contribution in [0.5, 0.6) is 0 Å². The average molecular weight is 290 g/mol. The first kappa shape index (κ1) is 13.4. The van der Waals surface area contributed by atoms with E-state index in [0.717, 1.165) is 41.5 Å². The Hall–Kier alpha value is -1.62. The third-order valence-electron chi connectivity index (χ3n) is 4.37. The van der Waals surface area contributed by atoms with E-state index in [2.05, 4.69) is 17.4 Å². The summed E-state index contributed by atoms with van der Waals surface area (Å²) in [6, 6.07) is 8.10. The van der Waals surface area contributed by atoms with Gasteiger partial charge in [0.15, 0.2) is 0 Å². The molecule has 0 bridgehead atoms. The van der Waals surface area contributed by atoms with Gasteiger partial charge in [-0.3, -0.25) is 4.90 Å². The molecule has 1 aliphatic heterocycles. The number of likely N-dealkylation sites (tertiary alicyclic amines) is 1. The molecular weight excluding hydrogens is 272 g/mol. The Labute approximate surface area is 122 Å². The third-order valence-corrected chi connectivity index (χ3v) is 5.20. The molecule has 1 saturated heterocycles. The second-order valence-corrected chi connectivity index (χ2v) is 6.11. The Morgan fingerprint density at radius 1 is 1.45 bits per heavy atom. The highest BCUT2D eigenvalue weighted by molar-refractivity contribution is 7.13. The van der Waals surface area contributed by atoms with Gasteiger partial charge in [0, 0.05) is 11.9 Å². The van der Waals surface area contributed by atoms with Gasteiger partial charge in [-0.15, -0.1) is 0 Å². The molecule has 5 heteroatoms. The SMILES string of the molecule is CCC1(c2nsc3ccccc23)CCCCN1C(=O)O. The summed E-state index contributed by atoms with van der Waals surface area (Å²) in [5, 5.41) is 10.7. The molecule has 2 aromatic rings. The van der Waals surface area contributed by atoms with Crippen molar-refractivity contribution in [3.8, 4) is 0 Å². The Morgan fingerprint density at radius 2 is 2.25 bits per heavy atom. The lowest BCUT2D eigenvalue weighted by Crippen LogP contribution is -2.51. The van der Waals surface area contributed by atoms with Crippen molar-refractivity contribution in [3.05, 3.63) is 30.0 Å². The molecule has 1 aromatic heterocycles. The molecule has 0 radical (unpaired) electrons. The minimum absolute atomic E-state index is 0.455. The zero-order chi connectivity index (χ0) is 14.2. The van der Waals surface area contributed by atoms with Crippen molar-refractivity contribution in [3.63, 3.8) is 0 Å². The van der Waals surface area contributed by atoms with Crippen LogP contribution >= 0.6 is 11.5 Å². The molecule has 20 heavy (non-hydrogen) atoms.